The number of carbonyl (C=O) groups is 2. The predicted molar refractivity (Wildman–Crippen MR) is 86.4 cm³/mol. The molecule has 0 amide bonds. The summed E-state index contributed by atoms with van der Waals surface area (Å²) in [6, 6.07) is 5.73. The van der Waals surface area contributed by atoms with E-state index in [2.05, 4.69) is 4.74 Å². The maximum absolute atomic E-state index is 12.0. The number of ketones is 1. The number of unbranched alkanes of at least 4 members (excludes halogenated alkanes) is 2. The SMILES string of the molecule is COC(=O)CCCCC[N+](=O)Cc1ccc2c(c1)CCCC2=O. The van der Waals surface area contributed by atoms with Crippen LogP contribution in [-0.2, 0) is 22.5 Å². The van der Waals surface area contributed by atoms with Crippen LogP contribution in [-0.4, -0.2) is 30.2 Å². The lowest BCUT2D eigenvalue weighted by Gasteiger charge is -2.14. The molecule has 0 aromatic heterocycles. The van der Waals surface area contributed by atoms with Crippen molar-refractivity contribution in [2.75, 3.05) is 13.7 Å². The number of esters is 1. The Hall–Kier alpha value is -2.04. The smallest absolute Gasteiger partial charge is 0.305 e. The molecule has 0 heterocycles. The van der Waals surface area contributed by atoms with Gasteiger partial charge >= 0.3 is 5.97 Å². The second-order valence-corrected chi connectivity index (χ2v) is 6.02. The number of hydrogen-bond donors (Lipinski definition) is 0. The molecule has 5 nitrogen and oxygen atoms in total. The van der Waals surface area contributed by atoms with Gasteiger partial charge < -0.3 is 4.74 Å². The Labute approximate surface area is 136 Å². The molecule has 1 aromatic rings. The largest absolute Gasteiger partial charge is 0.469 e. The summed E-state index contributed by atoms with van der Waals surface area (Å²) < 4.78 is 5.62. The number of nitrogens with zero attached hydrogens (tertiary/aromatic N) is 1. The number of ether oxygens (including phenoxy) is 1. The van der Waals surface area contributed by atoms with Crippen molar-refractivity contribution < 1.29 is 19.1 Å². The first-order valence-corrected chi connectivity index (χ1v) is 8.24. The van der Waals surface area contributed by atoms with Gasteiger partial charge in [0.25, 0.3) is 0 Å². The van der Waals surface area contributed by atoms with Gasteiger partial charge in [-0.1, -0.05) is 12.1 Å². The highest BCUT2D eigenvalue weighted by atomic mass is 16.5. The van der Waals surface area contributed by atoms with Crippen LogP contribution in [0.1, 0.15) is 60.0 Å². The van der Waals surface area contributed by atoms with Gasteiger partial charge in [0.1, 0.15) is 0 Å². The Morgan fingerprint density at radius 1 is 1.22 bits per heavy atom. The highest BCUT2D eigenvalue weighted by Gasteiger charge is 2.18. The van der Waals surface area contributed by atoms with Crippen LogP contribution in [0.15, 0.2) is 18.2 Å². The molecule has 0 saturated heterocycles. The maximum Gasteiger partial charge on any atom is 0.305 e. The molecule has 23 heavy (non-hydrogen) atoms. The second-order valence-electron chi connectivity index (χ2n) is 6.02. The molecule has 0 bridgehead atoms. The van der Waals surface area contributed by atoms with E-state index in [0.717, 1.165) is 53.6 Å². The zero-order valence-corrected chi connectivity index (χ0v) is 13.7. The monoisotopic (exact) mass is 318 g/mol. The molecule has 1 aliphatic carbocycles. The minimum atomic E-state index is -0.201. The molecule has 0 radical (unpaired) electrons. The van der Waals surface area contributed by atoms with E-state index in [1.165, 1.54) is 7.11 Å². The van der Waals surface area contributed by atoms with Gasteiger partial charge in [-0.2, -0.15) is 0 Å². The Kier molecular flexibility index (Phi) is 6.44. The van der Waals surface area contributed by atoms with Crippen molar-refractivity contribution >= 4 is 11.8 Å². The Morgan fingerprint density at radius 3 is 2.83 bits per heavy atom. The number of benzene rings is 1. The number of Topliss-reactive ketones (excluding diaryl/α,β-unsaturated/α-hetero) is 1. The van der Waals surface area contributed by atoms with E-state index >= 15 is 0 Å². The first kappa shape index (κ1) is 17.3. The topological polar surface area (TPSA) is 63.5 Å². The van der Waals surface area contributed by atoms with Crippen molar-refractivity contribution in [2.45, 2.75) is 51.5 Å². The summed E-state index contributed by atoms with van der Waals surface area (Å²) in [5, 5.41) is 0. The van der Waals surface area contributed by atoms with Crippen molar-refractivity contribution in [3.05, 3.63) is 39.8 Å². The van der Waals surface area contributed by atoms with Gasteiger partial charge in [0.2, 0.25) is 6.54 Å². The van der Waals surface area contributed by atoms with Gasteiger partial charge in [0.15, 0.2) is 12.3 Å². The fraction of sp³-hybridized carbons (Fsp3) is 0.556. The second kappa shape index (κ2) is 8.56. The highest BCUT2D eigenvalue weighted by Crippen LogP contribution is 2.22. The van der Waals surface area contributed by atoms with Gasteiger partial charge in [0, 0.05) is 40.1 Å². The molecule has 0 saturated carbocycles. The van der Waals surface area contributed by atoms with E-state index in [-0.39, 0.29) is 11.8 Å². The van der Waals surface area contributed by atoms with Crippen LogP contribution >= 0.6 is 0 Å². The summed E-state index contributed by atoms with van der Waals surface area (Å²) in [5.41, 5.74) is 2.86. The van der Waals surface area contributed by atoms with Crippen molar-refractivity contribution in [1.29, 1.82) is 0 Å². The van der Waals surface area contributed by atoms with Crippen molar-refractivity contribution in [3.8, 4) is 0 Å². The lowest BCUT2D eigenvalue weighted by molar-refractivity contribution is -0.565. The molecular formula is C18H24NO4+. The van der Waals surface area contributed by atoms with Crippen LogP contribution in [0.5, 0.6) is 0 Å². The summed E-state index contributed by atoms with van der Waals surface area (Å²) in [7, 11) is 1.38. The number of carbonyl (C=O) groups excluding carboxylic acids is 2. The van der Waals surface area contributed by atoms with Gasteiger partial charge in [-0.15, -0.1) is 0 Å². The molecule has 0 spiro atoms. The van der Waals surface area contributed by atoms with Crippen LogP contribution in [0.2, 0.25) is 0 Å². The van der Waals surface area contributed by atoms with Crippen LogP contribution in [0.25, 0.3) is 0 Å². The lowest BCUT2D eigenvalue weighted by atomic mass is 9.89. The molecule has 1 aliphatic rings. The average molecular weight is 318 g/mol. The van der Waals surface area contributed by atoms with E-state index in [4.69, 9.17) is 0 Å². The maximum atomic E-state index is 12.0. The van der Waals surface area contributed by atoms with E-state index < -0.39 is 0 Å². The van der Waals surface area contributed by atoms with E-state index in [1.807, 2.05) is 18.2 Å². The number of fused-ring (bicyclic) bond motifs is 1. The van der Waals surface area contributed by atoms with Crippen LogP contribution in [0, 0.1) is 4.91 Å². The van der Waals surface area contributed by atoms with Crippen LogP contribution < -0.4 is 0 Å². The molecular weight excluding hydrogens is 294 g/mol. The number of rotatable bonds is 8. The number of methoxy groups -OCH3 is 1. The highest BCUT2D eigenvalue weighted by molar-refractivity contribution is 5.98. The molecule has 5 heteroatoms. The molecule has 2 rings (SSSR count). The standard InChI is InChI=1S/C18H24NO4/c1-23-18(21)8-3-2-4-11-19(22)13-14-9-10-16-15(12-14)6-5-7-17(16)20/h9-10,12H,2-8,11,13H2,1H3/q+1. The Morgan fingerprint density at radius 2 is 2.04 bits per heavy atom. The summed E-state index contributed by atoms with van der Waals surface area (Å²) >= 11 is 0. The third-order valence-corrected chi connectivity index (χ3v) is 4.20. The predicted octanol–water partition coefficient (Wildman–Crippen LogP) is 3.22. The summed E-state index contributed by atoms with van der Waals surface area (Å²) in [4.78, 5) is 34.7. The van der Waals surface area contributed by atoms with Gasteiger partial charge in [-0.05, 0) is 37.3 Å². The van der Waals surface area contributed by atoms with E-state index in [1.54, 1.807) is 0 Å². The minimum Gasteiger partial charge on any atom is -0.469 e. The zero-order valence-electron chi connectivity index (χ0n) is 13.7. The minimum absolute atomic E-state index is 0.201. The summed E-state index contributed by atoms with van der Waals surface area (Å²) in [6.45, 7) is 0.801. The van der Waals surface area contributed by atoms with E-state index in [9.17, 15) is 14.5 Å². The van der Waals surface area contributed by atoms with Gasteiger partial charge in [0.05, 0.1) is 7.11 Å². The average Bonchev–Trinajstić information content (AvgIpc) is 2.54. The number of nitroso groups, excluding NO2 is 1. The van der Waals surface area contributed by atoms with Crippen molar-refractivity contribution in [3.63, 3.8) is 0 Å². The molecule has 0 fully saturated rings. The fourth-order valence-electron chi connectivity index (χ4n) is 2.92. The molecule has 0 aliphatic heterocycles. The number of aryl methyl sites for hydroxylation is 1. The third kappa shape index (κ3) is 5.27. The molecule has 0 atom stereocenters. The third-order valence-electron chi connectivity index (χ3n) is 4.20. The fourth-order valence-corrected chi connectivity index (χ4v) is 2.92. The van der Waals surface area contributed by atoms with Gasteiger partial charge in [-0.25, -0.2) is 0 Å². The Balaban J connectivity index is 1.75. The molecule has 1 aromatic carbocycles. The molecule has 0 unspecified atom stereocenters. The lowest BCUT2D eigenvalue weighted by Crippen LogP contribution is -2.13. The zero-order chi connectivity index (χ0) is 16.7. The quantitative estimate of drug-likeness (QED) is 0.419. The number of hydrogen-bond acceptors (Lipinski definition) is 4. The Bertz CT molecular complexity index is 595. The van der Waals surface area contributed by atoms with Crippen LogP contribution in [0.3, 0.4) is 0 Å². The van der Waals surface area contributed by atoms with Crippen molar-refractivity contribution in [2.24, 2.45) is 0 Å². The molecule has 0 N–H and O–H groups in total. The van der Waals surface area contributed by atoms with E-state index in [0.29, 0.717) is 25.9 Å². The van der Waals surface area contributed by atoms with Gasteiger partial charge in [-0.3, -0.25) is 9.59 Å². The first-order valence-electron chi connectivity index (χ1n) is 8.24. The normalized spacial score (nSPS) is 13.5. The molecule has 124 valence electrons. The summed E-state index contributed by atoms with van der Waals surface area (Å²) in [5.74, 6) is 0.00923. The van der Waals surface area contributed by atoms with Crippen LogP contribution in [0.4, 0.5) is 0 Å². The first-order chi connectivity index (χ1) is 11.1. The van der Waals surface area contributed by atoms with Crippen molar-refractivity contribution in [1.82, 2.24) is 0 Å². The summed E-state index contributed by atoms with van der Waals surface area (Å²) in [6.07, 6.45) is 5.22.